The molecule has 4 unspecified atom stereocenters. The number of carboxylic acid groups (broad SMARTS) is 1. The fourth-order valence-corrected chi connectivity index (χ4v) is 3.51. The molecule has 2 rings (SSSR count). The van der Waals surface area contributed by atoms with E-state index in [2.05, 4.69) is 12.2 Å². The van der Waals surface area contributed by atoms with Crippen LogP contribution in [-0.2, 0) is 4.79 Å². The minimum absolute atomic E-state index is 0.267. The van der Waals surface area contributed by atoms with Gasteiger partial charge in [-0.15, -0.1) is 0 Å². The lowest BCUT2D eigenvalue weighted by molar-refractivity contribution is -0.140. The Balaban J connectivity index is 1.86. The van der Waals surface area contributed by atoms with Crippen molar-refractivity contribution in [2.24, 2.45) is 17.8 Å². The second kappa shape index (κ2) is 5.17. The van der Waals surface area contributed by atoms with Gasteiger partial charge in [-0.05, 0) is 37.1 Å². The SMILES string of the molecule is CCCCC1CCC2C(CNC2C(=O)O)C1. The van der Waals surface area contributed by atoms with Crippen LogP contribution in [0.5, 0.6) is 0 Å². The molecule has 1 aliphatic carbocycles. The van der Waals surface area contributed by atoms with E-state index in [0.717, 1.165) is 18.9 Å². The van der Waals surface area contributed by atoms with Crippen molar-refractivity contribution in [1.82, 2.24) is 5.32 Å². The quantitative estimate of drug-likeness (QED) is 0.771. The van der Waals surface area contributed by atoms with Gasteiger partial charge in [0.1, 0.15) is 6.04 Å². The van der Waals surface area contributed by atoms with Crippen LogP contribution in [0.3, 0.4) is 0 Å². The van der Waals surface area contributed by atoms with Crippen LogP contribution in [0.2, 0.25) is 0 Å². The Morgan fingerprint density at radius 3 is 2.94 bits per heavy atom. The zero-order valence-electron chi connectivity index (χ0n) is 10.1. The van der Waals surface area contributed by atoms with Gasteiger partial charge < -0.3 is 10.4 Å². The van der Waals surface area contributed by atoms with E-state index in [1.807, 2.05) is 0 Å². The molecule has 1 saturated carbocycles. The van der Waals surface area contributed by atoms with Gasteiger partial charge in [-0.3, -0.25) is 4.79 Å². The maximum Gasteiger partial charge on any atom is 0.320 e. The molecule has 16 heavy (non-hydrogen) atoms. The van der Waals surface area contributed by atoms with E-state index in [-0.39, 0.29) is 6.04 Å². The first kappa shape index (κ1) is 11.9. The van der Waals surface area contributed by atoms with Gasteiger partial charge in [-0.1, -0.05) is 32.6 Å². The number of hydrogen-bond donors (Lipinski definition) is 2. The highest BCUT2D eigenvalue weighted by Crippen LogP contribution is 2.40. The number of carbonyl (C=O) groups is 1. The molecule has 0 aromatic carbocycles. The van der Waals surface area contributed by atoms with Crippen molar-refractivity contribution in [3.8, 4) is 0 Å². The summed E-state index contributed by atoms with van der Waals surface area (Å²) in [6.45, 7) is 3.16. The average Bonchev–Trinajstić information content (AvgIpc) is 2.69. The van der Waals surface area contributed by atoms with Crippen molar-refractivity contribution < 1.29 is 9.90 Å². The third-order valence-corrected chi connectivity index (χ3v) is 4.41. The van der Waals surface area contributed by atoms with Gasteiger partial charge >= 0.3 is 5.97 Å². The third kappa shape index (κ3) is 2.40. The third-order valence-electron chi connectivity index (χ3n) is 4.41. The van der Waals surface area contributed by atoms with Gasteiger partial charge in [0.25, 0.3) is 0 Å². The van der Waals surface area contributed by atoms with Gasteiger partial charge in [0.2, 0.25) is 0 Å². The lowest BCUT2D eigenvalue weighted by atomic mass is 9.72. The van der Waals surface area contributed by atoms with Crippen LogP contribution in [0.15, 0.2) is 0 Å². The summed E-state index contributed by atoms with van der Waals surface area (Å²) >= 11 is 0. The first-order chi connectivity index (χ1) is 7.72. The van der Waals surface area contributed by atoms with Gasteiger partial charge in [-0.2, -0.15) is 0 Å². The first-order valence-corrected chi connectivity index (χ1v) is 6.68. The van der Waals surface area contributed by atoms with Crippen LogP contribution >= 0.6 is 0 Å². The van der Waals surface area contributed by atoms with Crippen LogP contribution in [0, 0.1) is 17.8 Å². The Labute approximate surface area is 97.6 Å². The van der Waals surface area contributed by atoms with E-state index in [1.54, 1.807) is 0 Å². The number of aliphatic carboxylic acids is 1. The predicted octanol–water partition coefficient (Wildman–Crippen LogP) is 2.27. The Bertz CT molecular complexity index is 254. The van der Waals surface area contributed by atoms with E-state index in [4.69, 9.17) is 5.11 Å². The highest BCUT2D eigenvalue weighted by atomic mass is 16.4. The summed E-state index contributed by atoms with van der Waals surface area (Å²) in [5, 5.41) is 12.3. The molecule has 0 aromatic heterocycles. The summed E-state index contributed by atoms with van der Waals surface area (Å²) in [5.41, 5.74) is 0. The molecule has 3 heteroatoms. The van der Waals surface area contributed by atoms with Crippen LogP contribution in [-0.4, -0.2) is 23.7 Å². The van der Waals surface area contributed by atoms with E-state index in [0.29, 0.717) is 11.8 Å². The van der Waals surface area contributed by atoms with E-state index in [9.17, 15) is 4.79 Å². The highest BCUT2D eigenvalue weighted by Gasteiger charge is 2.42. The maximum atomic E-state index is 11.0. The summed E-state index contributed by atoms with van der Waals surface area (Å²) in [7, 11) is 0. The molecule has 1 aliphatic heterocycles. The molecular formula is C13H23NO2. The minimum atomic E-state index is -0.653. The summed E-state index contributed by atoms with van der Waals surface area (Å²) in [6, 6.07) is -0.267. The average molecular weight is 225 g/mol. The number of carboxylic acids is 1. The summed E-state index contributed by atoms with van der Waals surface area (Å²) in [4.78, 5) is 11.0. The van der Waals surface area contributed by atoms with Gasteiger partial charge in [-0.25, -0.2) is 0 Å². The Morgan fingerprint density at radius 1 is 1.44 bits per heavy atom. The van der Waals surface area contributed by atoms with Crippen molar-refractivity contribution in [2.45, 2.75) is 51.5 Å². The topological polar surface area (TPSA) is 49.3 Å². The molecule has 0 bridgehead atoms. The number of fused-ring (bicyclic) bond motifs is 1. The van der Waals surface area contributed by atoms with E-state index in [1.165, 1.54) is 32.1 Å². The molecule has 0 aromatic rings. The highest BCUT2D eigenvalue weighted by molar-refractivity contribution is 5.74. The van der Waals surface area contributed by atoms with Crippen molar-refractivity contribution in [3.05, 3.63) is 0 Å². The smallest absolute Gasteiger partial charge is 0.320 e. The molecule has 4 atom stereocenters. The molecule has 2 fully saturated rings. The Hall–Kier alpha value is -0.570. The fourth-order valence-electron chi connectivity index (χ4n) is 3.51. The molecule has 2 N–H and O–H groups in total. The number of rotatable bonds is 4. The normalized spacial score (nSPS) is 38.3. The predicted molar refractivity (Wildman–Crippen MR) is 63.3 cm³/mol. The standard InChI is InChI=1S/C13H23NO2/c1-2-3-4-9-5-6-11-10(7-9)8-14-12(11)13(15)16/h9-12,14H,2-8H2,1H3,(H,15,16). The lowest BCUT2D eigenvalue weighted by Gasteiger charge is -2.32. The molecule has 0 radical (unpaired) electrons. The molecule has 0 spiro atoms. The summed E-state index contributed by atoms with van der Waals surface area (Å²) < 4.78 is 0. The summed E-state index contributed by atoms with van der Waals surface area (Å²) in [5.74, 6) is 1.22. The number of hydrogen-bond acceptors (Lipinski definition) is 2. The monoisotopic (exact) mass is 225 g/mol. The first-order valence-electron chi connectivity index (χ1n) is 6.68. The maximum absolute atomic E-state index is 11.0. The van der Waals surface area contributed by atoms with Crippen LogP contribution in [0.25, 0.3) is 0 Å². The zero-order valence-corrected chi connectivity index (χ0v) is 10.1. The van der Waals surface area contributed by atoms with Gasteiger partial charge in [0.15, 0.2) is 0 Å². The second-order valence-electron chi connectivity index (χ2n) is 5.47. The molecular weight excluding hydrogens is 202 g/mol. The van der Waals surface area contributed by atoms with Crippen LogP contribution in [0.1, 0.15) is 45.4 Å². The summed E-state index contributed by atoms with van der Waals surface area (Å²) in [6.07, 6.45) is 7.56. The van der Waals surface area contributed by atoms with E-state index < -0.39 is 5.97 Å². The second-order valence-corrected chi connectivity index (χ2v) is 5.47. The van der Waals surface area contributed by atoms with Crippen LogP contribution in [0.4, 0.5) is 0 Å². The minimum Gasteiger partial charge on any atom is -0.480 e. The molecule has 1 heterocycles. The van der Waals surface area contributed by atoms with Crippen molar-refractivity contribution in [1.29, 1.82) is 0 Å². The fraction of sp³-hybridized carbons (Fsp3) is 0.923. The molecule has 0 amide bonds. The van der Waals surface area contributed by atoms with Crippen molar-refractivity contribution in [3.63, 3.8) is 0 Å². The zero-order chi connectivity index (χ0) is 11.5. The Kier molecular flexibility index (Phi) is 3.85. The van der Waals surface area contributed by atoms with Gasteiger partial charge in [0, 0.05) is 0 Å². The molecule has 1 saturated heterocycles. The lowest BCUT2D eigenvalue weighted by Crippen LogP contribution is -2.37. The largest absolute Gasteiger partial charge is 0.480 e. The number of unbranched alkanes of at least 4 members (excludes halogenated alkanes) is 1. The molecule has 92 valence electrons. The molecule has 2 aliphatic rings. The van der Waals surface area contributed by atoms with Crippen molar-refractivity contribution in [2.75, 3.05) is 6.54 Å². The van der Waals surface area contributed by atoms with E-state index >= 15 is 0 Å². The Morgan fingerprint density at radius 2 is 2.25 bits per heavy atom. The van der Waals surface area contributed by atoms with Crippen LogP contribution < -0.4 is 5.32 Å². The molecule has 3 nitrogen and oxygen atoms in total. The number of nitrogens with one attached hydrogen (secondary N) is 1. The van der Waals surface area contributed by atoms with Gasteiger partial charge in [0.05, 0.1) is 0 Å². The van der Waals surface area contributed by atoms with Crippen molar-refractivity contribution >= 4 is 5.97 Å².